The van der Waals surface area contributed by atoms with E-state index in [4.69, 9.17) is 9.84 Å². The van der Waals surface area contributed by atoms with Gasteiger partial charge in [-0.3, -0.25) is 9.69 Å². The molecule has 0 bridgehead atoms. The van der Waals surface area contributed by atoms with Crippen molar-refractivity contribution in [1.82, 2.24) is 4.90 Å². The van der Waals surface area contributed by atoms with Gasteiger partial charge in [0, 0.05) is 13.7 Å². The highest BCUT2D eigenvalue weighted by atomic mass is 16.5. The highest BCUT2D eigenvalue weighted by Crippen LogP contribution is 2.22. The van der Waals surface area contributed by atoms with Crippen molar-refractivity contribution in [3.8, 4) is 0 Å². The number of carboxylic acids is 1. The number of ether oxygens (including phenoxy) is 1. The third kappa shape index (κ3) is 3.73. The number of hydrogen-bond donors (Lipinski definition) is 2. The Morgan fingerprint density at radius 3 is 2.75 bits per heavy atom. The first-order valence-electron chi connectivity index (χ1n) is 5.64. The van der Waals surface area contributed by atoms with E-state index in [9.17, 15) is 9.90 Å². The fourth-order valence-electron chi connectivity index (χ4n) is 2.09. The van der Waals surface area contributed by atoms with E-state index in [0.717, 1.165) is 12.8 Å². The summed E-state index contributed by atoms with van der Waals surface area (Å²) in [6.07, 6.45) is 2.16. The Labute approximate surface area is 96.0 Å². The lowest BCUT2D eigenvalue weighted by Gasteiger charge is -2.27. The molecule has 0 aromatic heterocycles. The van der Waals surface area contributed by atoms with Gasteiger partial charge in [0.05, 0.1) is 12.2 Å². The van der Waals surface area contributed by atoms with E-state index in [1.807, 2.05) is 11.8 Å². The van der Waals surface area contributed by atoms with E-state index in [1.54, 1.807) is 0 Å². The molecule has 1 fully saturated rings. The number of aliphatic hydroxyl groups is 1. The maximum atomic E-state index is 11.1. The van der Waals surface area contributed by atoms with Crippen LogP contribution in [-0.4, -0.2) is 59.5 Å². The summed E-state index contributed by atoms with van der Waals surface area (Å²) in [6, 6.07) is -0.598. The number of carbonyl (C=O) groups is 1. The molecular weight excluding hydrogens is 210 g/mol. The van der Waals surface area contributed by atoms with Crippen molar-refractivity contribution in [3.63, 3.8) is 0 Å². The van der Waals surface area contributed by atoms with E-state index < -0.39 is 17.6 Å². The Bertz CT molecular complexity index is 242. The molecule has 1 aliphatic rings. The molecule has 5 heteroatoms. The molecule has 2 atom stereocenters. The molecule has 1 rings (SSSR count). The lowest BCUT2D eigenvalue weighted by Crippen LogP contribution is -2.45. The fraction of sp³-hybridized carbons (Fsp3) is 0.909. The fourth-order valence-corrected chi connectivity index (χ4v) is 2.09. The molecule has 1 saturated heterocycles. The summed E-state index contributed by atoms with van der Waals surface area (Å²) in [4.78, 5) is 13.0. The largest absolute Gasteiger partial charge is 0.480 e. The molecular formula is C11H21NO4. The van der Waals surface area contributed by atoms with Gasteiger partial charge in [0.15, 0.2) is 0 Å². The first-order valence-corrected chi connectivity index (χ1v) is 5.64. The Kier molecular flexibility index (Phi) is 4.70. The van der Waals surface area contributed by atoms with Crippen molar-refractivity contribution in [1.29, 1.82) is 0 Å². The smallest absolute Gasteiger partial charge is 0.323 e. The van der Waals surface area contributed by atoms with Crippen LogP contribution in [0.2, 0.25) is 0 Å². The predicted molar refractivity (Wildman–Crippen MR) is 59.3 cm³/mol. The van der Waals surface area contributed by atoms with Crippen LogP contribution in [0.3, 0.4) is 0 Å². The molecule has 0 radical (unpaired) electrons. The molecule has 0 aromatic rings. The molecule has 0 amide bonds. The summed E-state index contributed by atoms with van der Waals surface area (Å²) in [5, 5.41) is 19.0. The average Bonchev–Trinajstić information content (AvgIpc) is 2.35. The summed E-state index contributed by atoms with van der Waals surface area (Å²) in [6.45, 7) is 3.31. The maximum Gasteiger partial charge on any atom is 0.323 e. The van der Waals surface area contributed by atoms with Crippen molar-refractivity contribution in [2.24, 2.45) is 0 Å². The van der Waals surface area contributed by atoms with Crippen LogP contribution in [0.1, 0.15) is 26.2 Å². The minimum absolute atomic E-state index is 0.192. The second kappa shape index (κ2) is 5.61. The minimum Gasteiger partial charge on any atom is -0.480 e. The minimum atomic E-state index is -0.858. The molecule has 2 unspecified atom stereocenters. The number of rotatable bonds is 4. The molecule has 0 spiro atoms. The molecule has 2 N–H and O–H groups in total. The van der Waals surface area contributed by atoms with Crippen LogP contribution in [0.4, 0.5) is 0 Å². The molecule has 94 valence electrons. The first kappa shape index (κ1) is 13.4. The third-order valence-electron chi connectivity index (χ3n) is 3.15. The Hall–Kier alpha value is -0.650. The average molecular weight is 231 g/mol. The maximum absolute atomic E-state index is 11.1. The SMILES string of the molecule is COCC(C(=O)O)N1CCCC(C)(O)CC1. The van der Waals surface area contributed by atoms with Crippen molar-refractivity contribution >= 4 is 5.97 Å². The second-order valence-corrected chi connectivity index (χ2v) is 4.70. The van der Waals surface area contributed by atoms with Crippen LogP contribution >= 0.6 is 0 Å². The predicted octanol–water partition coefficient (Wildman–Crippen LogP) is 0.323. The van der Waals surface area contributed by atoms with Crippen LogP contribution in [0.25, 0.3) is 0 Å². The molecule has 0 saturated carbocycles. The van der Waals surface area contributed by atoms with Crippen LogP contribution in [-0.2, 0) is 9.53 Å². The highest BCUT2D eigenvalue weighted by molar-refractivity contribution is 5.73. The van der Waals surface area contributed by atoms with E-state index in [1.165, 1.54) is 7.11 Å². The number of hydrogen-bond acceptors (Lipinski definition) is 4. The standard InChI is InChI=1S/C11H21NO4/c1-11(15)4-3-6-12(7-5-11)9(8-16-2)10(13)14/h9,15H,3-8H2,1-2H3,(H,13,14). The van der Waals surface area contributed by atoms with Gasteiger partial charge >= 0.3 is 5.97 Å². The zero-order chi connectivity index (χ0) is 12.2. The van der Waals surface area contributed by atoms with Crippen molar-refractivity contribution in [2.75, 3.05) is 26.8 Å². The van der Waals surface area contributed by atoms with Gasteiger partial charge < -0.3 is 14.9 Å². The van der Waals surface area contributed by atoms with Gasteiger partial charge in [-0.25, -0.2) is 0 Å². The molecule has 0 aromatic carbocycles. The van der Waals surface area contributed by atoms with Gasteiger partial charge in [-0.15, -0.1) is 0 Å². The molecule has 16 heavy (non-hydrogen) atoms. The van der Waals surface area contributed by atoms with Gasteiger partial charge in [-0.1, -0.05) is 0 Å². The van der Waals surface area contributed by atoms with E-state index in [-0.39, 0.29) is 6.61 Å². The normalized spacial score (nSPS) is 29.7. The quantitative estimate of drug-likeness (QED) is 0.729. The van der Waals surface area contributed by atoms with Gasteiger partial charge in [0.25, 0.3) is 0 Å². The van der Waals surface area contributed by atoms with Gasteiger partial charge in [-0.2, -0.15) is 0 Å². The van der Waals surface area contributed by atoms with Crippen LogP contribution < -0.4 is 0 Å². The van der Waals surface area contributed by atoms with Gasteiger partial charge in [-0.05, 0) is 32.7 Å². The summed E-state index contributed by atoms with van der Waals surface area (Å²) in [7, 11) is 1.50. The van der Waals surface area contributed by atoms with Gasteiger partial charge in [0.1, 0.15) is 6.04 Å². The Balaban J connectivity index is 2.61. The Morgan fingerprint density at radius 2 is 2.19 bits per heavy atom. The number of methoxy groups -OCH3 is 1. The molecule has 5 nitrogen and oxygen atoms in total. The number of likely N-dealkylation sites (tertiary alicyclic amines) is 1. The lowest BCUT2D eigenvalue weighted by molar-refractivity contribution is -0.145. The van der Waals surface area contributed by atoms with Gasteiger partial charge in [0.2, 0.25) is 0 Å². The van der Waals surface area contributed by atoms with Crippen LogP contribution in [0.15, 0.2) is 0 Å². The first-order chi connectivity index (χ1) is 7.46. The van der Waals surface area contributed by atoms with E-state index >= 15 is 0 Å². The van der Waals surface area contributed by atoms with Crippen molar-refractivity contribution < 1.29 is 19.7 Å². The summed E-state index contributed by atoms with van der Waals surface area (Å²) >= 11 is 0. The van der Waals surface area contributed by atoms with E-state index in [0.29, 0.717) is 19.5 Å². The van der Waals surface area contributed by atoms with Crippen molar-refractivity contribution in [2.45, 2.75) is 37.8 Å². The summed E-state index contributed by atoms with van der Waals surface area (Å²) in [5.41, 5.74) is -0.662. The summed E-state index contributed by atoms with van der Waals surface area (Å²) in [5.74, 6) is -0.858. The Morgan fingerprint density at radius 1 is 1.50 bits per heavy atom. The highest BCUT2D eigenvalue weighted by Gasteiger charge is 2.31. The molecule has 0 aliphatic carbocycles. The second-order valence-electron chi connectivity index (χ2n) is 4.70. The number of carboxylic acid groups (broad SMARTS) is 1. The van der Waals surface area contributed by atoms with Crippen molar-refractivity contribution in [3.05, 3.63) is 0 Å². The summed E-state index contributed by atoms with van der Waals surface area (Å²) < 4.78 is 4.93. The third-order valence-corrected chi connectivity index (χ3v) is 3.15. The van der Waals surface area contributed by atoms with Crippen LogP contribution in [0, 0.1) is 0 Å². The lowest BCUT2D eigenvalue weighted by atomic mass is 9.98. The number of aliphatic carboxylic acids is 1. The zero-order valence-corrected chi connectivity index (χ0v) is 9.98. The monoisotopic (exact) mass is 231 g/mol. The number of nitrogens with zero attached hydrogens (tertiary/aromatic N) is 1. The van der Waals surface area contributed by atoms with E-state index in [2.05, 4.69) is 0 Å². The topological polar surface area (TPSA) is 70.0 Å². The molecule has 1 aliphatic heterocycles. The zero-order valence-electron chi connectivity index (χ0n) is 9.98. The van der Waals surface area contributed by atoms with Crippen LogP contribution in [0.5, 0.6) is 0 Å². The molecule has 1 heterocycles.